The summed E-state index contributed by atoms with van der Waals surface area (Å²) in [6, 6.07) is 0. The summed E-state index contributed by atoms with van der Waals surface area (Å²) in [5.74, 6) is -0.368. The van der Waals surface area contributed by atoms with Crippen LogP contribution in [-0.4, -0.2) is 23.3 Å². The third kappa shape index (κ3) is 1.26. The van der Waals surface area contributed by atoms with Crippen molar-refractivity contribution in [2.75, 3.05) is 6.54 Å². The minimum absolute atomic E-state index is 0.309. The van der Waals surface area contributed by atoms with Gasteiger partial charge in [-0.3, -0.25) is 4.99 Å². The van der Waals surface area contributed by atoms with Gasteiger partial charge in [-0.05, 0) is 30.8 Å². The molecule has 0 spiro atoms. The van der Waals surface area contributed by atoms with Crippen LogP contribution in [-0.2, 0) is 4.79 Å². The molecule has 2 aliphatic rings. The first-order valence-corrected chi connectivity index (χ1v) is 4.27. The molecule has 12 heavy (non-hydrogen) atoms. The van der Waals surface area contributed by atoms with Crippen LogP contribution < -0.4 is 0 Å². The molecule has 1 N–H and O–H groups in total. The van der Waals surface area contributed by atoms with Crippen molar-refractivity contribution in [2.45, 2.75) is 19.3 Å². The van der Waals surface area contributed by atoms with E-state index in [9.17, 15) is 4.79 Å². The summed E-state index contributed by atoms with van der Waals surface area (Å²) < 4.78 is 0. The fourth-order valence-corrected chi connectivity index (χ4v) is 1.53. The van der Waals surface area contributed by atoms with E-state index in [1.807, 2.05) is 6.08 Å². The Morgan fingerprint density at radius 1 is 1.58 bits per heavy atom. The van der Waals surface area contributed by atoms with Gasteiger partial charge in [0.25, 0.3) is 0 Å². The average Bonchev–Trinajstić information content (AvgIpc) is 2.87. The maximum Gasteiger partial charge on any atom is 0.354 e. The van der Waals surface area contributed by atoms with Crippen molar-refractivity contribution in [2.24, 2.45) is 10.9 Å². The fourth-order valence-electron chi connectivity index (χ4n) is 1.53. The molecule has 0 unspecified atom stereocenters. The fraction of sp³-hybridized carbons (Fsp3) is 0.556. The van der Waals surface area contributed by atoms with Gasteiger partial charge in [0.1, 0.15) is 5.71 Å². The van der Waals surface area contributed by atoms with Crippen LogP contribution in [0.4, 0.5) is 0 Å². The second-order valence-corrected chi connectivity index (χ2v) is 3.26. The van der Waals surface area contributed by atoms with Gasteiger partial charge in [-0.2, -0.15) is 0 Å². The first kappa shape index (κ1) is 7.53. The van der Waals surface area contributed by atoms with Crippen molar-refractivity contribution in [1.29, 1.82) is 0 Å². The van der Waals surface area contributed by atoms with E-state index >= 15 is 0 Å². The van der Waals surface area contributed by atoms with E-state index in [1.54, 1.807) is 0 Å². The number of dihydropyridines is 1. The molecule has 1 aliphatic carbocycles. The summed E-state index contributed by atoms with van der Waals surface area (Å²) in [4.78, 5) is 14.7. The standard InChI is InChI=1S/C9H11NO2/c11-9(12)8-7(6-3-4-6)2-1-5-10-8/h2,6H,1,3-5H2,(H,11,12). The number of carbonyl (C=O) groups is 1. The quantitative estimate of drug-likeness (QED) is 0.669. The van der Waals surface area contributed by atoms with Gasteiger partial charge in [-0.25, -0.2) is 4.79 Å². The van der Waals surface area contributed by atoms with E-state index in [2.05, 4.69) is 4.99 Å². The van der Waals surface area contributed by atoms with E-state index < -0.39 is 5.97 Å². The molecule has 64 valence electrons. The molecule has 2 rings (SSSR count). The normalized spacial score (nSPS) is 23.0. The summed E-state index contributed by atoms with van der Waals surface area (Å²) in [6.45, 7) is 0.637. The number of aliphatic imine (C=N–C) groups is 1. The lowest BCUT2D eigenvalue weighted by atomic mass is 10.0. The van der Waals surface area contributed by atoms with Crippen molar-refractivity contribution in [1.82, 2.24) is 0 Å². The average molecular weight is 165 g/mol. The molecule has 0 bridgehead atoms. The maximum atomic E-state index is 10.7. The molecule has 0 aromatic heterocycles. The molecular weight excluding hydrogens is 154 g/mol. The number of rotatable bonds is 2. The smallest absolute Gasteiger partial charge is 0.354 e. The number of aliphatic carboxylic acids is 1. The lowest BCUT2D eigenvalue weighted by Gasteiger charge is -2.10. The first-order valence-electron chi connectivity index (χ1n) is 4.27. The Balaban J connectivity index is 2.23. The van der Waals surface area contributed by atoms with E-state index in [4.69, 9.17) is 5.11 Å². The van der Waals surface area contributed by atoms with Crippen molar-refractivity contribution in [3.8, 4) is 0 Å². The van der Waals surface area contributed by atoms with Crippen molar-refractivity contribution < 1.29 is 9.90 Å². The minimum Gasteiger partial charge on any atom is -0.477 e. The molecule has 3 heteroatoms. The summed E-state index contributed by atoms with van der Waals surface area (Å²) in [5.41, 5.74) is 1.29. The molecule has 0 amide bonds. The number of nitrogens with zero attached hydrogens (tertiary/aromatic N) is 1. The SMILES string of the molecule is O=C(O)C1=NCCC=C1C1CC1. The minimum atomic E-state index is -0.868. The van der Waals surface area contributed by atoms with Crippen LogP contribution >= 0.6 is 0 Å². The van der Waals surface area contributed by atoms with Crippen LogP contribution in [0.2, 0.25) is 0 Å². The molecule has 0 atom stereocenters. The summed E-state index contributed by atoms with van der Waals surface area (Å²) in [5, 5.41) is 8.81. The van der Waals surface area contributed by atoms with E-state index in [0.29, 0.717) is 18.2 Å². The molecular formula is C9H11NO2. The molecule has 0 aromatic carbocycles. The third-order valence-electron chi connectivity index (χ3n) is 2.26. The number of hydrogen-bond acceptors (Lipinski definition) is 2. The molecule has 1 aliphatic heterocycles. The Bertz CT molecular complexity index is 274. The highest BCUT2D eigenvalue weighted by Crippen LogP contribution is 2.38. The number of hydrogen-bond donors (Lipinski definition) is 1. The van der Waals surface area contributed by atoms with Gasteiger partial charge < -0.3 is 5.11 Å². The van der Waals surface area contributed by atoms with E-state index in [-0.39, 0.29) is 0 Å². The van der Waals surface area contributed by atoms with Crippen LogP contribution in [0.25, 0.3) is 0 Å². The lowest BCUT2D eigenvalue weighted by molar-refractivity contribution is -0.129. The van der Waals surface area contributed by atoms with Crippen LogP contribution in [0.3, 0.4) is 0 Å². The van der Waals surface area contributed by atoms with Crippen LogP contribution in [0.1, 0.15) is 19.3 Å². The van der Waals surface area contributed by atoms with Gasteiger partial charge in [0.2, 0.25) is 0 Å². The van der Waals surface area contributed by atoms with Crippen LogP contribution in [0.15, 0.2) is 16.6 Å². The Morgan fingerprint density at radius 2 is 2.33 bits per heavy atom. The Kier molecular flexibility index (Phi) is 1.71. The third-order valence-corrected chi connectivity index (χ3v) is 2.26. The number of carboxylic acids is 1. The molecule has 0 saturated heterocycles. The highest BCUT2D eigenvalue weighted by Gasteiger charge is 2.32. The van der Waals surface area contributed by atoms with Gasteiger partial charge >= 0.3 is 5.97 Å². The maximum absolute atomic E-state index is 10.7. The Labute approximate surface area is 70.8 Å². The van der Waals surface area contributed by atoms with Crippen LogP contribution in [0.5, 0.6) is 0 Å². The largest absolute Gasteiger partial charge is 0.477 e. The summed E-state index contributed by atoms with van der Waals surface area (Å²) in [7, 11) is 0. The molecule has 0 radical (unpaired) electrons. The van der Waals surface area contributed by atoms with Gasteiger partial charge in [0.15, 0.2) is 0 Å². The van der Waals surface area contributed by atoms with Gasteiger partial charge in [-0.1, -0.05) is 6.08 Å². The zero-order valence-electron chi connectivity index (χ0n) is 6.79. The predicted octanol–water partition coefficient (Wildman–Crippen LogP) is 1.25. The highest BCUT2D eigenvalue weighted by atomic mass is 16.4. The van der Waals surface area contributed by atoms with Gasteiger partial charge in [0.05, 0.1) is 0 Å². The highest BCUT2D eigenvalue weighted by molar-refractivity contribution is 6.42. The molecule has 1 saturated carbocycles. The monoisotopic (exact) mass is 165 g/mol. The zero-order chi connectivity index (χ0) is 8.55. The number of carboxylic acid groups (broad SMARTS) is 1. The summed E-state index contributed by atoms with van der Waals surface area (Å²) in [6.07, 6.45) is 5.22. The Morgan fingerprint density at radius 3 is 2.92 bits per heavy atom. The zero-order valence-corrected chi connectivity index (χ0v) is 6.79. The summed E-state index contributed by atoms with van der Waals surface area (Å²) >= 11 is 0. The topological polar surface area (TPSA) is 49.7 Å². The van der Waals surface area contributed by atoms with Gasteiger partial charge in [0, 0.05) is 6.54 Å². The Hall–Kier alpha value is -1.12. The van der Waals surface area contributed by atoms with Crippen LogP contribution in [0, 0.1) is 5.92 Å². The van der Waals surface area contributed by atoms with E-state index in [1.165, 1.54) is 0 Å². The lowest BCUT2D eigenvalue weighted by Crippen LogP contribution is -2.20. The molecule has 1 fully saturated rings. The molecule has 0 aromatic rings. The van der Waals surface area contributed by atoms with Crippen molar-refractivity contribution in [3.05, 3.63) is 11.6 Å². The molecule has 3 nitrogen and oxygen atoms in total. The van der Waals surface area contributed by atoms with Gasteiger partial charge in [-0.15, -0.1) is 0 Å². The van der Waals surface area contributed by atoms with E-state index in [0.717, 1.165) is 24.8 Å². The van der Waals surface area contributed by atoms with Crippen molar-refractivity contribution >= 4 is 11.7 Å². The second kappa shape index (κ2) is 2.73. The first-order chi connectivity index (χ1) is 5.79. The molecule has 1 heterocycles. The van der Waals surface area contributed by atoms with Crippen molar-refractivity contribution in [3.63, 3.8) is 0 Å². The predicted molar refractivity (Wildman–Crippen MR) is 45.4 cm³/mol. The second-order valence-electron chi connectivity index (χ2n) is 3.26.